The predicted molar refractivity (Wildman–Crippen MR) is 128 cm³/mol. The average molecular weight is 468 g/mol. The van der Waals surface area contributed by atoms with Gasteiger partial charge in [0.2, 0.25) is 5.91 Å². The number of esters is 1. The molecule has 2 fully saturated rings. The van der Waals surface area contributed by atoms with Crippen LogP contribution in [0.5, 0.6) is 5.75 Å². The van der Waals surface area contributed by atoms with Crippen molar-refractivity contribution < 1.29 is 28.6 Å². The number of carbonyl (C=O) groups excluding carboxylic acids is 3. The van der Waals surface area contributed by atoms with Gasteiger partial charge in [0.15, 0.2) is 0 Å². The van der Waals surface area contributed by atoms with Crippen LogP contribution in [0.4, 0.5) is 4.79 Å². The molecule has 2 saturated carbocycles. The smallest absolute Gasteiger partial charge is 0.416 e. The maximum absolute atomic E-state index is 13.0. The maximum Gasteiger partial charge on any atom is 0.416 e. The molecule has 2 aliphatic rings. The van der Waals surface area contributed by atoms with Gasteiger partial charge in [0.05, 0.1) is 7.11 Å². The van der Waals surface area contributed by atoms with Crippen LogP contribution < -0.4 is 4.74 Å². The fourth-order valence-electron chi connectivity index (χ4n) is 4.69. The number of fused-ring (bicyclic) bond motifs is 1. The van der Waals surface area contributed by atoms with E-state index in [1.54, 1.807) is 14.0 Å². The third-order valence-corrected chi connectivity index (χ3v) is 7.42. The highest BCUT2D eigenvalue weighted by atomic mass is 16.6. The van der Waals surface area contributed by atoms with Crippen LogP contribution in [-0.4, -0.2) is 48.7 Å². The van der Waals surface area contributed by atoms with Crippen LogP contribution in [0, 0.1) is 5.41 Å². The zero-order valence-corrected chi connectivity index (χ0v) is 20.2. The Morgan fingerprint density at radius 2 is 1.88 bits per heavy atom. The van der Waals surface area contributed by atoms with Crippen molar-refractivity contribution in [1.29, 1.82) is 0 Å². The summed E-state index contributed by atoms with van der Waals surface area (Å²) in [6.07, 6.45) is 4.10. The summed E-state index contributed by atoms with van der Waals surface area (Å²) in [6, 6.07) is 11.8. The number of hydrogen-bond donors (Lipinski definition) is 0. The van der Waals surface area contributed by atoms with Crippen molar-refractivity contribution in [2.45, 2.75) is 71.0 Å². The topological polar surface area (TPSA) is 82.1 Å². The lowest BCUT2D eigenvalue weighted by Gasteiger charge is -2.44. The van der Waals surface area contributed by atoms with E-state index >= 15 is 0 Å². The van der Waals surface area contributed by atoms with Crippen LogP contribution in [0.15, 0.2) is 36.4 Å². The number of carbonyl (C=O) groups is 3. The lowest BCUT2D eigenvalue weighted by Crippen LogP contribution is -2.52. The first kappa shape index (κ1) is 24.0. The summed E-state index contributed by atoms with van der Waals surface area (Å²) in [5.41, 5.74) is 0.197. The first-order valence-electron chi connectivity index (χ1n) is 12.1. The van der Waals surface area contributed by atoms with Crippen LogP contribution in [0.25, 0.3) is 10.8 Å². The summed E-state index contributed by atoms with van der Waals surface area (Å²) >= 11 is 0. The Kier molecular flexibility index (Phi) is 7.10. The van der Waals surface area contributed by atoms with Gasteiger partial charge in [0, 0.05) is 13.5 Å². The van der Waals surface area contributed by atoms with Gasteiger partial charge in [-0.1, -0.05) is 30.7 Å². The normalized spacial score (nSPS) is 17.7. The third-order valence-electron chi connectivity index (χ3n) is 7.42. The van der Waals surface area contributed by atoms with E-state index in [1.165, 1.54) is 6.92 Å². The summed E-state index contributed by atoms with van der Waals surface area (Å²) in [5, 5.41) is 2.07. The van der Waals surface area contributed by atoms with E-state index in [-0.39, 0.29) is 18.6 Å². The van der Waals surface area contributed by atoms with Gasteiger partial charge in [-0.15, -0.1) is 0 Å². The van der Waals surface area contributed by atoms with Gasteiger partial charge in [0.1, 0.15) is 23.4 Å². The van der Waals surface area contributed by atoms with E-state index in [1.807, 2.05) is 36.4 Å². The maximum atomic E-state index is 13.0. The number of ether oxygens (including phenoxy) is 3. The molecule has 1 unspecified atom stereocenters. The molecule has 2 amide bonds. The Hall–Kier alpha value is -3.09. The van der Waals surface area contributed by atoms with E-state index in [4.69, 9.17) is 14.2 Å². The highest BCUT2D eigenvalue weighted by Crippen LogP contribution is 2.47. The van der Waals surface area contributed by atoms with E-state index in [0.29, 0.717) is 19.3 Å². The molecule has 2 aromatic rings. The van der Waals surface area contributed by atoms with Crippen molar-refractivity contribution in [3.05, 3.63) is 42.0 Å². The number of rotatable bonds is 8. The van der Waals surface area contributed by atoms with Crippen LogP contribution >= 0.6 is 0 Å². The molecule has 34 heavy (non-hydrogen) atoms. The van der Waals surface area contributed by atoms with Gasteiger partial charge in [0.25, 0.3) is 0 Å². The molecule has 0 aliphatic heterocycles. The average Bonchev–Trinajstić information content (AvgIpc) is 2.75. The minimum atomic E-state index is -0.806. The van der Waals surface area contributed by atoms with Gasteiger partial charge in [-0.25, -0.2) is 9.69 Å². The van der Waals surface area contributed by atoms with Crippen molar-refractivity contribution >= 4 is 28.7 Å². The Labute approximate surface area is 200 Å². The number of hydrogen-bond acceptors (Lipinski definition) is 6. The first-order chi connectivity index (χ1) is 16.3. The lowest BCUT2D eigenvalue weighted by molar-refractivity contribution is -0.181. The van der Waals surface area contributed by atoms with Crippen LogP contribution in [0.1, 0.15) is 57.9 Å². The molecule has 0 heterocycles. The molecule has 0 N–H and O–H groups in total. The zero-order valence-electron chi connectivity index (χ0n) is 20.2. The highest BCUT2D eigenvalue weighted by molar-refractivity contribution is 5.91. The number of benzene rings is 2. The number of methoxy groups -OCH3 is 1. The molecular formula is C27H33NO6. The van der Waals surface area contributed by atoms with E-state index in [2.05, 4.69) is 0 Å². The van der Waals surface area contributed by atoms with E-state index in [9.17, 15) is 14.4 Å². The molecule has 4 rings (SSSR count). The second-order valence-corrected chi connectivity index (χ2v) is 9.42. The summed E-state index contributed by atoms with van der Waals surface area (Å²) < 4.78 is 16.7. The second-order valence-electron chi connectivity index (χ2n) is 9.42. The molecule has 7 nitrogen and oxygen atoms in total. The number of nitrogens with zero attached hydrogens (tertiary/aromatic N) is 1. The van der Waals surface area contributed by atoms with Crippen LogP contribution in [0.3, 0.4) is 0 Å². The minimum absolute atomic E-state index is 0.0130. The van der Waals surface area contributed by atoms with Crippen molar-refractivity contribution in [1.82, 2.24) is 4.90 Å². The van der Waals surface area contributed by atoms with Gasteiger partial charge in [-0.3, -0.25) is 9.59 Å². The Morgan fingerprint density at radius 1 is 1.12 bits per heavy atom. The number of imide groups is 1. The largest absolute Gasteiger partial charge is 0.497 e. The molecule has 0 saturated heterocycles. The monoisotopic (exact) mass is 467 g/mol. The summed E-state index contributed by atoms with van der Waals surface area (Å²) in [7, 11) is 1.62. The number of amides is 2. The van der Waals surface area contributed by atoms with Crippen molar-refractivity contribution in [2.24, 2.45) is 5.41 Å². The Balaban J connectivity index is 1.43. The third kappa shape index (κ3) is 4.74. The summed E-state index contributed by atoms with van der Waals surface area (Å²) in [5.74, 6) is 0.0775. The van der Waals surface area contributed by atoms with Crippen molar-refractivity contribution in [2.75, 3.05) is 13.7 Å². The predicted octanol–water partition coefficient (Wildman–Crippen LogP) is 5.03. The minimum Gasteiger partial charge on any atom is -0.497 e. The molecule has 0 radical (unpaired) electrons. The Bertz CT molecular complexity index is 1070. The quantitative estimate of drug-likeness (QED) is 0.507. The molecule has 2 aromatic carbocycles. The molecule has 0 bridgehead atoms. The molecule has 2 aliphatic carbocycles. The summed E-state index contributed by atoms with van der Waals surface area (Å²) in [6.45, 7) is 3.26. The highest BCUT2D eigenvalue weighted by Gasteiger charge is 2.53. The Morgan fingerprint density at radius 3 is 2.47 bits per heavy atom. The van der Waals surface area contributed by atoms with Gasteiger partial charge < -0.3 is 14.2 Å². The second kappa shape index (κ2) is 10.0. The molecular weight excluding hydrogens is 434 g/mol. The fraction of sp³-hybridized carbons (Fsp3) is 0.519. The van der Waals surface area contributed by atoms with E-state index in [0.717, 1.165) is 52.7 Å². The lowest BCUT2D eigenvalue weighted by atomic mass is 9.65. The van der Waals surface area contributed by atoms with Crippen molar-refractivity contribution in [3.8, 4) is 5.75 Å². The van der Waals surface area contributed by atoms with Crippen molar-refractivity contribution in [3.63, 3.8) is 0 Å². The van der Waals surface area contributed by atoms with Gasteiger partial charge in [-0.2, -0.15) is 0 Å². The molecule has 1 atom stereocenters. The van der Waals surface area contributed by atoms with Crippen LogP contribution in [0.2, 0.25) is 0 Å². The molecule has 0 aromatic heterocycles. The zero-order chi connectivity index (χ0) is 24.3. The van der Waals surface area contributed by atoms with Gasteiger partial charge >= 0.3 is 12.1 Å². The van der Waals surface area contributed by atoms with E-state index < -0.39 is 23.5 Å². The van der Waals surface area contributed by atoms with Gasteiger partial charge in [-0.05, 0) is 73.9 Å². The SMILES string of the molecule is COc1ccc2cccc(CCN(C(C)=O)C(=O)OC(C)C3(C(=O)OC4CCC4)CCC3)c2c1. The standard InChI is InChI=1S/C27H33NO6/c1-18(27(14-6-15-27)25(30)34-22-9-5-10-22)33-26(31)28(19(2)29)16-13-21-8-4-7-20-11-12-23(32-3)17-24(20)21/h4,7-8,11-12,17-18,22H,5-6,9-10,13-16H2,1-3H3. The molecule has 0 spiro atoms. The summed E-state index contributed by atoms with van der Waals surface area (Å²) in [4.78, 5) is 39.3. The fourth-order valence-corrected chi connectivity index (χ4v) is 4.69. The first-order valence-corrected chi connectivity index (χ1v) is 12.1. The van der Waals surface area contributed by atoms with Crippen LogP contribution in [-0.2, 0) is 25.5 Å². The molecule has 182 valence electrons. The molecule has 7 heteroatoms.